The van der Waals surface area contributed by atoms with Gasteiger partial charge in [-0.05, 0) is 37.0 Å². The van der Waals surface area contributed by atoms with Crippen LogP contribution in [0.5, 0.6) is 0 Å². The summed E-state index contributed by atoms with van der Waals surface area (Å²) >= 11 is 6.55. The summed E-state index contributed by atoms with van der Waals surface area (Å²) in [5.41, 5.74) is 0.00793. The zero-order valence-electron chi connectivity index (χ0n) is 20.6. The van der Waals surface area contributed by atoms with Crippen molar-refractivity contribution in [2.24, 2.45) is 17.8 Å². The van der Waals surface area contributed by atoms with E-state index < -0.39 is 41.6 Å². The molecule has 1 N–H and O–H groups in total. The van der Waals surface area contributed by atoms with Crippen LogP contribution in [0.25, 0.3) is 0 Å². The molecule has 2 fully saturated rings. The molecule has 0 aromatic heterocycles. The lowest BCUT2D eigenvalue weighted by Gasteiger charge is -2.39. The highest BCUT2D eigenvalue weighted by atomic mass is 35.5. The van der Waals surface area contributed by atoms with E-state index in [-0.39, 0.29) is 37.5 Å². The maximum Gasteiger partial charge on any atom is 0.313 e. The second-order valence-electron chi connectivity index (χ2n) is 10.4. The van der Waals surface area contributed by atoms with Gasteiger partial charge in [0.2, 0.25) is 5.91 Å². The third kappa shape index (κ3) is 3.69. The van der Waals surface area contributed by atoms with Gasteiger partial charge in [0.1, 0.15) is 24.2 Å². The van der Waals surface area contributed by atoms with Crippen LogP contribution in [-0.4, -0.2) is 71.3 Å². The number of carbonyl (C=O) groups is 3. The Hall–Kier alpha value is -2.68. The lowest BCUT2D eigenvalue weighted by Crippen LogP contribution is -2.58. The molecule has 1 aromatic rings. The number of cyclic esters (lactones) is 1. The Morgan fingerprint density at radius 1 is 1.19 bits per heavy atom. The Morgan fingerprint density at radius 2 is 1.97 bits per heavy atom. The fourth-order valence-corrected chi connectivity index (χ4v) is 6.61. The number of esters is 1. The van der Waals surface area contributed by atoms with Gasteiger partial charge in [-0.1, -0.05) is 55.8 Å². The number of hydrogen-bond donors (Lipinski definition) is 1. The van der Waals surface area contributed by atoms with Crippen LogP contribution in [0.15, 0.2) is 42.5 Å². The predicted molar refractivity (Wildman–Crippen MR) is 133 cm³/mol. The summed E-state index contributed by atoms with van der Waals surface area (Å²) in [5, 5.41) is 10.8. The summed E-state index contributed by atoms with van der Waals surface area (Å²) in [6, 6.07) is 3.72. The normalized spacial score (nSPS) is 32.2. The summed E-state index contributed by atoms with van der Waals surface area (Å²) < 4.78 is 11.9. The van der Waals surface area contributed by atoms with Crippen LogP contribution >= 0.6 is 11.6 Å². The summed E-state index contributed by atoms with van der Waals surface area (Å²) in [6.07, 6.45) is 6.82. The van der Waals surface area contributed by atoms with Crippen molar-refractivity contribution >= 4 is 35.1 Å². The van der Waals surface area contributed by atoms with Crippen molar-refractivity contribution in [3.05, 3.63) is 53.1 Å². The Balaban J connectivity index is 1.67. The van der Waals surface area contributed by atoms with E-state index in [0.29, 0.717) is 17.1 Å². The fraction of sp³-hybridized carbons (Fsp3) is 0.519. The minimum absolute atomic E-state index is 0.108. The number of anilines is 1. The van der Waals surface area contributed by atoms with Gasteiger partial charge in [-0.2, -0.15) is 0 Å². The molecule has 4 heterocycles. The van der Waals surface area contributed by atoms with E-state index in [1.165, 1.54) is 4.90 Å². The van der Waals surface area contributed by atoms with Crippen LogP contribution in [0.1, 0.15) is 25.8 Å². The smallest absolute Gasteiger partial charge is 0.313 e. The molecule has 0 radical (unpaired) electrons. The molecule has 0 saturated carbocycles. The molecule has 2 amide bonds. The number of ether oxygens (including phenoxy) is 2. The van der Waals surface area contributed by atoms with Crippen LogP contribution in [-0.2, 0) is 23.9 Å². The molecular formula is C27H31ClN2O6. The van der Waals surface area contributed by atoms with E-state index in [2.05, 4.69) is 0 Å². The Kier molecular flexibility index (Phi) is 6.47. The second kappa shape index (κ2) is 9.32. The molecular weight excluding hydrogens is 484 g/mol. The van der Waals surface area contributed by atoms with E-state index >= 15 is 0 Å². The molecule has 192 valence electrons. The van der Waals surface area contributed by atoms with Gasteiger partial charge in [0.25, 0.3) is 5.91 Å². The van der Waals surface area contributed by atoms with Gasteiger partial charge in [0.05, 0.1) is 35.4 Å². The highest BCUT2D eigenvalue weighted by Crippen LogP contribution is 2.54. The first-order valence-corrected chi connectivity index (χ1v) is 12.8. The van der Waals surface area contributed by atoms with Gasteiger partial charge < -0.3 is 24.4 Å². The van der Waals surface area contributed by atoms with Crippen molar-refractivity contribution in [2.75, 3.05) is 24.7 Å². The van der Waals surface area contributed by atoms with Gasteiger partial charge in [-0.25, -0.2) is 0 Å². The quantitative estimate of drug-likeness (QED) is 0.479. The highest BCUT2D eigenvalue weighted by molar-refractivity contribution is 6.34. The number of aliphatic hydroxyl groups excluding tert-OH is 1. The minimum atomic E-state index is -1.38. The van der Waals surface area contributed by atoms with Crippen LogP contribution in [0.4, 0.5) is 5.69 Å². The third-order valence-electron chi connectivity index (χ3n) is 7.66. The standard InChI is InChI=1S/C27H31ClN2O6/c1-15(2)13-17(14-31)30-23-25(33)29(22-16(3)7-4-8-18(22)28)11-6-10-27(23)21(24(30)32)20-19(36-27)9-5-12-35-26(20)34/h4-10,15,17,19-21,23,31H,11-14H2,1-3H3/t17-,19-,20+,21+,23?,27+/m1/s1. The minimum Gasteiger partial charge on any atom is -0.461 e. The maximum absolute atomic E-state index is 14.4. The zero-order valence-corrected chi connectivity index (χ0v) is 21.4. The predicted octanol–water partition coefficient (Wildman–Crippen LogP) is 2.65. The van der Waals surface area contributed by atoms with Gasteiger partial charge in [-0.3, -0.25) is 14.4 Å². The summed E-state index contributed by atoms with van der Waals surface area (Å²) in [6.45, 7) is 5.88. The van der Waals surface area contributed by atoms with E-state index in [9.17, 15) is 19.5 Å². The third-order valence-corrected chi connectivity index (χ3v) is 7.96. The molecule has 1 spiro atoms. The maximum atomic E-state index is 14.4. The number of amides is 2. The van der Waals surface area contributed by atoms with Gasteiger partial charge in [-0.15, -0.1) is 0 Å². The number of hydrogen-bond acceptors (Lipinski definition) is 6. The largest absolute Gasteiger partial charge is 0.461 e. The number of halogens is 1. The number of benzene rings is 1. The lowest BCUT2D eigenvalue weighted by atomic mass is 9.78. The molecule has 4 aliphatic heterocycles. The molecule has 36 heavy (non-hydrogen) atoms. The van der Waals surface area contributed by atoms with Crippen molar-refractivity contribution in [2.45, 2.75) is 51.0 Å². The molecule has 1 aromatic carbocycles. The Labute approximate surface area is 215 Å². The average Bonchev–Trinajstić information content (AvgIpc) is 3.13. The van der Waals surface area contributed by atoms with Crippen LogP contribution < -0.4 is 4.90 Å². The number of likely N-dealkylation sites (tertiary alicyclic amines) is 1. The lowest BCUT2D eigenvalue weighted by molar-refractivity contribution is -0.153. The Morgan fingerprint density at radius 3 is 2.67 bits per heavy atom. The highest BCUT2D eigenvalue weighted by Gasteiger charge is 2.72. The SMILES string of the molecule is Cc1cccc(Cl)c1N1CC=C[C@]23O[C@@H]4C=CCOC(=O)[C@@H]4[C@H]2C(=O)N([C@@H](CO)CC(C)C)C3C1=O. The molecule has 0 bridgehead atoms. The molecule has 2 saturated heterocycles. The van der Waals surface area contributed by atoms with Crippen molar-refractivity contribution in [1.82, 2.24) is 4.90 Å². The second-order valence-corrected chi connectivity index (χ2v) is 10.8. The van der Waals surface area contributed by atoms with E-state index in [1.54, 1.807) is 35.3 Å². The van der Waals surface area contributed by atoms with Crippen LogP contribution in [0.3, 0.4) is 0 Å². The van der Waals surface area contributed by atoms with E-state index in [1.807, 2.05) is 32.9 Å². The Bertz CT molecular complexity index is 1130. The topological polar surface area (TPSA) is 96.4 Å². The number of para-hydroxylation sites is 1. The zero-order chi connectivity index (χ0) is 25.8. The molecule has 9 heteroatoms. The first kappa shape index (κ1) is 25.0. The molecule has 5 rings (SSSR count). The molecule has 1 unspecified atom stereocenters. The van der Waals surface area contributed by atoms with Crippen molar-refractivity contribution in [1.29, 1.82) is 0 Å². The van der Waals surface area contributed by atoms with Crippen molar-refractivity contribution in [3.63, 3.8) is 0 Å². The number of fused-ring (bicyclic) bond motifs is 2. The number of rotatable bonds is 5. The average molecular weight is 515 g/mol. The van der Waals surface area contributed by atoms with Crippen molar-refractivity contribution < 1.29 is 29.0 Å². The number of nitrogens with zero attached hydrogens (tertiary/aromatic N) is 2. The van der Waals surface area contributed by atoms with E-state index in [0.717, 1.165) is 5.56 Å². The van der Waals surface area contributed by atoms with Gasteiger partial charge >= 0.3 is 5.97 Å². The molecule has 8 nitrogen and oxygen atoms in total. The first-order valence-electron chi connectivity index (χ1n) is 12.4. The first-order chi connectivity index (χ1) is 17.2. The number of aliphatic hydroxyl groups is 1. The van der Waals surface area contributed by atoms with Crippen LogP contribution in [0.2, 0.25) is 5.02 Å². The van der Waals surface area contributed by atoms with Gasteiger partial charge in [0.15, 0.2) is 0 Å². The van der Waals surface area contributed by atoms with Crippen LogP contribution in [0, 0.1) is 24.7 Å². The number of carbonyl (C=O) groups excluding carboxylic acids is 3. The summed E-state index contributed by atoms with van der Waals surface area (Å²) in [7, 11) is 0. The van der Waals surface area contributed by atoms with Gasteiger partial charge in [0, 0.05) is 6.54 Å². The molecule has 0 aliphatic carbocycles. The number of aryl methyl sites for hydroxylation is 1. The van der Waals surface area contributed by atoms with Crippen molar-refractivity contribution in [3.8, 4) is 0 Å². The summed E-state index contributed by atoms with van der Waals surface area (Å²) in [4.78, 5) is 44.6. The molecule has 6 atom stereocenters. The van der Waals surface area contributed by atoms with E-state index in [4.69, 9.17) is 21.1 Å². The monoisotopic (exact) mass is 514 g/mol. The summed E-state index contributed by atoms with van der Waals surface area (Å²) in [5.74, 6) is -2.93. The molecule has 4 aliphatic rings. The fourth-order valence-electron chi connectivity index (χ4n) is 6.29.